The number of carbonyl (C=O) groups excluding carboxylic acids is 1. The van der Waals surface area contributed by atoms with Gasteiger partial charge in [0.25, 0.3) is 0 Å². The SMILES string of the molecule is CC1(OC(=O)N2CCC(COc3ccc4c(c3)cc3n4CCNC3)CC2)CC1. The van der Waals surface area contributed by atoms with Gasteiger partial charge in [0.05, 0.1) is 6.61 Å². The van der Waals surface area contributed by atoms with Crippen molar-refractivity contribution >= 4 is 17.0 Å². The lowest BCUT2D eigenvalue weighted by atomic mass is 9.98. The summed E-state index contributed by atoms with van der Waals surface area (Å²) in [7, 11) is 0. The Hall–Kier alpha value is -2.21. The molecule has 0 spiro atoms. The van der Waals surface area contributed by atoms with Crippen LogP contribution in [0, 0.1) is 5.92 Å². The lowest BCUT2D eigenvalue weighted by molar-refractivity contribution is 0.0456. The molecule has 1 aromatic carbocycles. The van der Waals surface area contributed by atoms with Gasteiger partial charge in [-0.05, 0) is 62.8 Å². The van der Waals surface area contributed by atoms with Crippen LogP contribution in [0.1, 0.15) is 38.3 Å². The normalized spacial score (nSPS) is 21.4. The Bertz CT molecular complexity index is 879. The number of fused-ring (bicyclic) bond motifs is 3. The Morgan fingerprint density at radius 1 is 1.21 bits per heavy atom. The van der Waals surface area contributed by atoms with Crippen LogP contribution in [0.3, 0.4) is 0 Å². The summed E-state index contributed by atoms with van der Waals surface area (Å²) in [5, 5.41) is 4.68. The highest BCUT2D eigenvalue weighted by atomic mass is 16.6. The number of hydrogen-bond acceptors (Lipinski definition) is 4. The average molecular weight is 383 g/mol. The molecular formula is C22H29N3O3. The number of benzene rings is 1. The number of ether oxygens (including phenoxy) is 2. The Morgan fingerprint density at radius 3 is 2.82 bits per heavy atom. The summed E-state index contributed by atoms with van der Waals surface area (Å²) in [4.78, 5) is 14.1. The topological polar surface area (TPSA) is 55.7 Å². The fraction of sp³-hybridized carbons (Fsp3) is 0.591. The molecule has 5 rings (SSSR count). The van der Waals surface area contributed by atoms with E-state index in [-0.39, 0.29) is 11.7 Å². The molecule has 6 nitrogen and oxygen atoms in total. The quantitative estimate of drug-likeness (QED) is 0.878. The zero-order chi connectivity index (χ0) is 19.1. The first-order chi connectivity index (χ1) is 13.6. The maximum absolute atomic E-state index is 12.2. The van der Waals surface area contributed by atoms with E-state index in [1.54, 1.807) is 0 Å². The van der Waals surface area contributed by atoms with Crippen LogP contribution in [0.4, 0.5) is 4.79 Å². The van der Waals surface area contributed by atoms with Gasteiger partial charge in [-0.1, -0.05) is 0 Å². The van der Waals surface area contributed by atoms with E-state index in [0.29, 0.717) is 12.5 Å². The number of nitrogens with one attached hydrogen (secondary N) is 1. The molecule has 3 heterocycles. The third-order valence-electron chi connectivity index (χ3n) is 6.42. The maximum atomic E-state index is 12.2. The largest absolute Gasteiger partial charge is 0.493 e. The zero-order valence-corrected chi connectivity index (χ0v) is 16.6. The highest BCUT2D eigenvalue weighted by Crippen LogP contribution is 2.39. The van der Waals surface area contributed by atoms with Crippen LogP contribution in [0.5, 0.6) is 5.75 Å². The molecule has 1 saturated heterocycles. The van der Waals surface area contributed by atoms with Crippen molar-refractivity contribution in [3.8, 4) is 5.75 Å². The number of hydrogen-bond donors (Lipinski definition) is 1. The van der Waals surface area contributed by atoms with Gasteiger partial charge >= 0.3 is 6.09 Å². The first-order valence-corrected chi connectivity index (χ1v) is 10.5. The van der Waals surface area contributed by atoms with Crippen molar-refractivity contribution in [3.05, 3.63) is 30.0 Å². The van der Waals surface area contributed by atoms with Crippen LogP contribution in [-0.4, -0.2) is 47.4 Å². The van der Waals surface area contributed by atoms with Gasteiger partial charge in [-0.25, -0.2) is 4.79 Å². The third-order valence-corrected chi connectivity index (χ3v) is 6.42. The summed E-state index contributed by atoms with van der Waals surface area (Å²) in [6, 6.07) is 8.68. The van der Waals surface area contributed by atoms with Crippen molar-refractivity contribution in [2.75, 3.05) is 26.2 Å². The van der Waals surface area contributed by atoms with Crippen molar-refractivity contribution in [2.24, 2.45) is 5.92 Å². The van der Waals surface area contributed by atoms with Gasteiger partial charge in [0.15, 0.2) is 0 Å². The summed E-state index contributed by atoms with van der Waals surface area (Å²) < 4.78 is 14.1. The molecular weight excluding hydrogens is 354 g/mol. The second-order valence-corrected chi connectivity index (χ2v) is 8.74. The minimum Gasteiger partial charge on any atom is -0.493 e. The van der Waals surface area contributed by atoms with Crippen molar-refractivity contribution in [3.63, 3.8) is 0 Å². The summed E-state index contributed by atoms with van der Waals surface area (Å²) >= 11 is 0. The van der Waals surface area contributed by atoms with Crippen LogP contribution >= 0.6 is 0 Å². The minimum atomic E-state index is -0.190. The molecule has 1 aromatic heterocycles. The molecule has 0 atom stereocenters. The number of likely N-dealkylation sites (tertiary alicyclic amines) is 1. The maximum Gasteiger partial charge on any atom is 0.410 e. The molecule has 2 aliphatic heterocycles. The Kier molecular flexibility index (Phi) is 4.46. The van der Waals surface area contributed by atoms with Gasteiger partial charge in [0.1, 0.15) is 11.4 Å². The molecule has 2 fully saturated rings. The summed E-state index contributed by atoms with van der Waals surface area (Å²) in [5.74, 6) is 1.43. The van der Waals surface area contributed by atoms with E-state index < -0.39 is 0 Å². The third kappa shape index (κ3) is 3.58. The van der Waals surface area contributed by atoms with Gasteiger partial charge in [-0.2, -0.15) is 0 Å². The second kappa shape index (κ2) is 6.99. The smallest absolute Gasteiger partial charge is 0.410 e. The molecule has 3 aliphatic rings. The number of aromatic nitrogens is 1. The van der Waals surface area contributed by atoms with Crippen molar-refractivity contribution in [1.29, 1.82) is 0 Å². The predicted molar refractivity (Wildman–Crippen MR) is 108 cm³/mol. The molecule has 0 unspecified atom stereocenters. The number of piperidine rings is 1. The van der Waals surface area contributed by atoms with Gasteiger partial charge in [-0.3, -0.25) is 0 Å². The lowest BCUT2D eigenvalue weighted by Gasteiger charge is -2.32. The summed E-state index contributed by atoms with van der Waals surface area (Å²) in [6.45, 7) is 7.24. The molecule has 0 bridgehead atoms. The molecule has 1 N–H and O–H groups in total. The minimum absolute atomic E-state index is 0.142. The first kappa shape index (κ1) is 17.9. The van der Waals surface area contributed by atoms with E-state index in [4.69, 9.17) is 9.47 Å². The molecule has 6 heteroatoms. The second-order valence-electron chi connectivity index (χ2n) is 8.74. The Morgan fingerprint density at radius 2 is 2.04 bits per heavy atom. The van der Waals surface area contributed by atoms with Gasteiger partial charge < -0.3 is 24.3 Å². The predicted octanol–water partition coefficient (Wildman–Crippen LogP) is 3.52. The average Bonchev–Trinajstić information content (AvgIpc) is 3.32. The summed E-state index contributed by atoms with van der Waals surface area (Å²) in [6.07, 6.45) is 3.79. The van der Waals surface area contributed by atoms with Gasteiger partial charge in [0.2, 0.25) is 0 Å². The molecule has 2 aromatic rings. The lowest BCUT2D eigenvalue weighted by Crippen LogP contribution is -2.41. The van der Waals surface area contributed by atoms with Crippen molar-refractivity contribution in [2.45, 2.75) is 51.3 Å². The highest BCUT2D eigenvalue weighted by molar-refractivity contribution is 5.83. The van der Waals surface area contributed by atoms with Crippen molar-refractivity contribution in [1.82, 2.24) is 14.8 Å². The van der Waals surface area contributed by atoms with Gasteiger partial charge in [-0.15, -0.1) is 0 Å². The fourth-order valence-electron chi connectivity index (χ4n) is 4.26. The van der Waals surface area contributed by atoms with Crippen LogP contribution in [0.15, 0.2) is 24.3 Å². The van der Waals surface area contributed by atoms with Crippen LogP contribution < -0.4 is 10.1 Å². The van der Waals surface area contributed by atoms with Crippen LogP contribution in [0.25, 0.3) is 10.9 Å². The van der Waals surface area contributed by atoms with Crippen LogP contribution in [0.2, 0.25) is 0 Å². The van der Waals surface area contributed by atoms with Crippen molar-refractivity contribution < 1.29 is 14.3 Å². The number of nitrogens with zero attached hydrogens (tertiary/aromatic N) is 2. The zero-order valence-electron chi connectivity index (χ0n) is 16.6. The fourth-order valence-corrected chi connectivity index (χ4v) is 4.26. The number of rotatable bonds is 4. The standard InChI is InChI=1S/C22H29N3O3/c1-22(6-7-22)28-21(26)24-9-4-16(5-10-24)15-27-19-2-3-20-17(13-19)12-18-14-23-8-11-25(18)20/h2-3,12-13,16,23H,4-11,14-15H2,1H3. The van der Waals surface area contributed by atoms with E-state index in [2.05, 4.69) is 34.1 Å². The molecule has 28 heavy (non-hydrogen) atoms. The van der Waals surface area contributed by atoms with E-state index in [0.717, 1.165) is 64.2 Å². The molecule has 150 valence electrons. The van der Waals surface area contributed by atoms with E-state index >= 15 is 0 Å². The Balaban J connectivity index is 1.14. The molecule has 1 amide bonds. The molecule has 1 saturated carbocycles. The monoisotopic (exact) mass is 383 g/mol. The van der Waals surface area contributed by atoms with E-state index in [1.807, 2.05) is 11.8 Å². The van der Waals surface area contributed by atoms with Crippen LogP contribution in [-0.2, 0) is 17.8 Å². The van der Waals surface area contributed by atoms with E-state index in [1.165, 1.54) is 16.6 Å². The number of carbonyl (C=O) groups is 1. The van der Waals surface area contributed by atoms with E-state index in [9.17, 15) is 4.79 Å². The molecule has 1 aliphatic carbocycles. The van der Waals surface area contributed by atoms with Gasteiger partial charge in [0, 0.05) is 49.3 Å². The first-order valence-electron chi connectivity index (χ1n) is 10.5. The number of amides is 1. The molecule has 0 radical (unpaired) electrons. The Labute approximate surface area is 165 Å². The highest BCUT2D eigenvalue weighted by Gasteiger charge is 2.43. The summed E-state index contributed by atoms with van der Waals surface area (Å²) in [5.41, 5.74) is 2.45.